The zero-order valence-electron chi connectivity index (χ0n) is 12.9. The minimum atomic E-state index is -0.0878. The number of carbonyl (C=O) groups excluding carboxylic acids is 1. The number of benzene rings is 2. The average Bonchev–Trinajstić information content (AvgIpc) is 2.56. The molecular formula is C17H17Br2NO3. The van der Waals surface area contributed by atoms with E-state index in [1.165, 1.54) is 0 Å². The van der Waals surface area contributed by atoms with Crippen molar-refractivity contribution in [1.29, 1.82) is 0 Å². The van der Waals surface area contributed by atoms with Crippen molar-refractivity contribution < 1.29 is 14.3 Å². The molecule has 1 amide bonds. The van der Waals surface area contributed by atoms with Crippen LogP contribution < -0.4 is 9.47 Å². The monoisotopic (exact) mass is 441 g/mol. The first-order valence-electron chi connectivity index (χ1n) is 6.98. The van der Waals surface area contributed by atoms with Crippen LogP contribution >= 0.6 is 31.9 Å². The lowest BCUT2D eigenvalue weighted by atomic mass is 10.2. The number of amides is 1. The van der Waals surface area contributed by atoms with Gasteiger partial charge < -0.3 is 14.4 Å². The Kier molecular flexibility index (Phi) is 6.47. The van der Waals surface area contributed by atoms with Gasteiger partial charge >= 0.3 is 0 Å². The number of hydrogen-bond donors (Lipinski definition) is 0. The van der Waals surface area contributed by atoms with Gasteiger partial charge in [-0.3, -0.25) is 4.79 Å². The Hall–Kier alpha value is -1.53. The summed E-state index contributed by atoms with van der Waals surface area (Å²) in [6.45, 7) is 0.907. The van der Waals surface area contributed by atoms with Crippen molar-refractivity contribution in [1.82, 2.24) is 4.90 Å². The molecule has 0 aliphatic heterocycles. The van der Waals surface area contributed by atoms with Crippen LogP contribution in [0.15, 0.2) is 51.4 Å². The van der Waals surface area contributed by atoms with Gasteiger partial charge in [0, 0.05) is 16.0 Å². The lowest BCUT2D eigenvalue weighted by Crippen LogP contribution is -2.31. The lowest BCUT2D eigenvalue weighted by molar-refractivity contribution is 0.0772. The second-order valence-corrected chi connectivity index (χ2v) is 6.64. The summed E-state index contributed by atoms with van der Waals surface area (Å²) < 4.78 is 12.5. The first-order valence-corrected chi connectivity index (χ1v) is 8.57. The van der Waals surface area contributed by atoms with Crippen LogP contribution in [-0.4, -0.2) is 38.1 Å². The highest BCUT2D eigenvalue weighted by atomic mass is 79.9. The van der Waals surface area contributed by atoms with Crippen LogP contribution in [0.3, 0.4) is 0 Å². The molecule has 0 aliphatic rings. The fourth-order valence-electron chi connectivity index (χ4n) is 1.93. The van der Waals surface area contributed by atoms with Gasteiger partial charge in [-0.15, -0.1) is 0 Å². The summed E-state index contributed by atoms with van der Waals surface area (Å²) in [7, 11) is 3.33. The van der Waals surface area contributed by atoms with Gasteiger partial charge in [-0.1, -0.05) is 15.9 Å². The van der Waals surface area contributed by atoms with Gasteiger partial charge in [0.15, 0.2) is 0 Å². The molecule has 2 aromatic rings. The van der Waals surface area contributed by atoms with E-state index in [1.807, 2.05) is 24.3 Å². The zero-order valence-corrected chi connectivity index (χ0v) is 16.1. The maximum Gasteiger partial charge on any atom is 0.254 e. The Labute approximate surface area is 152 Å². The standard InChI is InChI=1S/C17H17Br2NO3/c1-20(9-10-23-13-5-3-12(18)4-6-13)17(21)15-11-14(22-2)7-8-16(15)19/h3-8,11H,9-10H2,1-2H3. The van der Waals surface area contributed by atoms with Gasteiger partial charge in [-0.2, -0.15) is 0 Å². The Morgan fingerprint density at radius 3 is 2.39 bits per heavy atom. The average molecular weight is 443 g/mol. The van der Waals surface area contributed by atoms with Gasteiger partial charge in [0.2, 0.25) is 0 Å². The molecule has 0 saturated carbocycles. The van der Waals surface area contributed by atoms with Crippen molar-refractivity contribution in [3.63, 3.8) is 0 Å². The van der Waals surface area contributed by atoms with E-state index in [0.717, 1.165) is 14.7 Å². The lowest BCUT2D eigenvalue weighted by Gasteiger charge is -2.18. The molecule has 122 valence electrons. The van der Waals surface area contributed by atoms with E-state index < -0.39 is 0 Å². The summed E-state index contributed by atoms with van der Waals surface area (Å²) in [4.78, 5) is 14.1. The molecule has 0 spiro atoms. The molecule has 23 heavy (non-hydrogen) atoms. The van der Waals surface area contributed by atoms with Gasteiger partial charge in [-0.25, -0.2) is 0 Å². The normalized spacial score (nSPS) is 10.3. The molecule has 0 heterocycles. The van der Waals surface area contributed by atoms with Crippen molar-refractivity contribution in [3.05, 3.63) is 57.0 Å². The summed E-state index contributed by atoms with van der Waals surface area (Å²) in [5.74, 6) is 1.34. The predicted octanol–water partition coefficient (Wildman–Crippen LogP) is 4.37. The molecule has 2 rings (SSSR count). The van der Waals surface area contributed by atoms with Gasteiger partial charge in [0.1, 0.15) is 18.1 Å². The maximum atomic E-state index is 12.5. The topological polar surface area (TPSA) is 38.8 Å². The van der Waals surface area contributed by atoms with Crippen molar-refractivity contribution in [3.8, 4) is 11.5 Å². The molecule has 0 N–H and O–H groups in total. The summed E-state index contributed by atoms with van der Waals surface area (Å²) in [6, 6.07) is 12.9. The van der Waals surface area contributed by atoms with Crippen LogP contribution in [0.4, 0.5) is 0 Å². The van der Waals surface area contributed by atoms with Crippen LogP contribution in [0.25, 0.3) is 0 Å². The third-order valence-electron chi connectivity index (χ3n) is 3.26. The Morgan fingerprint density at radius 2 is 1.74 bits per heavy atom. The molecule has 0 saturated heterocycles. The van der Waals surface area contributed by atoms with E-state index in [0.29, 0.717) is 24.5 Å². The number of rotatable bonds is 6. The molecule has 0 aliphatic carbocycles. The van der Waals surface area contributed by atoms with Crippen LogP contribution in [0.2, 0.25) is 0 Å². The molecule has 6 heteroatoms. The molecule has 0 fully saturated rings. The first-order chi connectivity index (χ1) is 11.0. The molecule has 2 aromatic carbocycles. The predicted molar refractivity (Wildman–Crippen MR) is 97.3 cm³/mol. The Balaban J connectivity index is 1.93. The number of methoxy groups -OCH3 is 1. The molecule has 0 atom stereocenters. The second kappa shape index (κ2) is 8.36. The minimum Gasteiger partial charge on any atom is -0.497 e. The zero-order chi connectivity index (χ0) is 16.8. The van der Waals surface area contributed by atoms with Crippen LogP contribution in [0, 0.1) is 0 Å². The molecule has 0 unspecified atom stereocenters. The Morgan fingerprint density at radius 1 is 1.09 bits per heavy atom. The molecule has 0 radical (unpaired) electrons. The Bertz CT molecular complexity index is 674. The largest absolute Gasteiger partial charge is 0.497 e. The molecule has 4 nitrogen and oxygen atoms in total. The SMILES string of the molecule is COc1ccc(Br)c(C(=O)N(C)CCOc2ccc(Br)cc2)c1. The third kappa shape index (κ3) is 4.97. The summed E-state index contributed by atoms with van der Waals surface area (Å²) in [6.07, 6.45) is 0. The van der Waals surface area contributed by atoms with Gasteiger partial charge in [0.25, 0.3) is 5.91 Å². The van der Waals surface area contributed by atoms with E-state index in [2.05, 4.69) is 31.9 Å². The second-order valence-electron chi connectivity index (χ2n) is 4.87. The quantitative estimate of drug-likeness (QED) is 0.666. The number of likely N-dealkylation sites (N-methyl/N-ethyl adjacent to an activating group) is 1. The number of ether oxygens (including phenoxy) is 2. The minimum absolute atomic E-state index is 0.0878. The highest BCUT2D eigenvalue weighted by Crippen LogP contribution is 2.23. The number of hydrogen-bond acceptors (Lipinski definition) is 3. The summed E-state index contributed by atoms with van der Waals surface area (Å²) in [5, 5.41) is 0. The van der Waals surface area contributed by atoms with Crippen molar-refractivity contribution >= 4 is 37.8 Å². The van der Waals surface area contributed by atoms with Gasteiger partial charge in [-0.05, 0) is 58.4 Å². The van der Waals surface area contributed by atoms with E-state index in [-0.39, 0.29) is 5.91 Å². The van der Waals surface area contributed by atoms with Crippen LogP contribution in [0.1, 0.15) is 10.4 Å². The smallest absolute Gasteiger partial charge is 0.254 e. The van der Waals surface area contributed by atoms with E-state index in [9.17, 15) is 4.79 Å². The van der Waals surface area contributed by atoms with Crippen molar-refractivity contribution in [2.45, 2.75) is 0 Å². The summed E-state index contributed by atoms with van der Waals surface area (Å²) >= 11 is 6.78. The van der Waals surface area contributed by atoms with Crippen molar-refractivity contribution in [2.75, 3.05) is 27.3 Å². The van der Waals surface area contributed by atoms with E-state index in [4.69, 9.17) is 9.47 Å². The fourth-order valence-corrected chi connectivity index (χ4v) is 2.61. The number of carbonyl (C=O) groups is 1. The summed E-state index contributed by atoms with van der Waals surface area (Å²) in [5.41, 5.74) is 0.565. The third-order valence-corrected chi connectivity index (χ3v) is 4.48. The van der Waals surface area contributed by atoms with Gasteiger partial charge in [0.05, 0.1) is 19.2 Å². The highest BCUT2D eigenvalue weighted by molar-refractivity contribution is 9.10. The van der Waals surface area contributed by atoms with E-state index in [1.54, 1.807) is 37.3 Å². The number of halogens is 2. The van der Waals surface area contributed by atoms with Crippen LogP contribution in [-0.2, 0) is 0 Å². The maximum absolute atomic E-state index is 12.5. The highest BCUT2D eigenvalue weighted by Gasteiger charge is 2.15. The number of nitrogens with zero attached hydrogens (tertiary/aromatic N) is 1. The first kappa shape index (κ1) is 17.8. The molecule has 0 bridgehead atoms. The molecular weight excluding hydrogens is 426 g/mol. The fraction of sp³-hybridized carbons (Fsp3) is 0.235. The van der Waals surface area contributed by atoms with Crippen molar-refractivity contribution in [2.24, 2.45) is 0 Å². The van der Waals surface area contributed by atoms with Crippen LogP contribution in [0.5, 0.6) is 11.5 Å². The van der Waals surface area contributed by atoms with E-state index >= 15 is 0 Å². The molecule has 0 aromatic heterocycles.